The predicted molar refractivity (Wildman–Crippen MR) is 78.0 cm³/mol. The van der Waals surface area contributed by atoms with Gasteiger partial charge in [-0.3, -0.25) is 0 Å². The number of nitrogens with zero attached hydrogens (tertiary/aromatic N) is 1. The highest BCUT2D eigenvalue weighted by molar-refractivity contribution is 7.09. The second kappa shape index (κ2) is 6.78. The molecule has 2 aromatic rings. The van der Waals surface area contributed by atoms with Gasteiger partial charge in [0.2, 0.25) is 0 Å². The van der Waals surface area contributed by atoms with E-state index in [4.69, 9.17) is 0 Å². The van der Waals surface area contributed by atoms with Crippen LogP contribution in [-0.4, -0.2) is 11.5 Å². The number of nitrogens with one attached hydrogen (secondary N) is 1. The summed E-state index contributed by atoms with van der Waals surface area (Å²) in [4.78, 5) is 4.44. The zero-order valence-electron chi connectivity index (χ0n) is 11.3. The third-order valence-corrected chi connectivity index (χ3v) is 4.08. The molecule has 1 unspecified atom stereocenters. The Hall–Kier alpha value is -1.26. The molecule has 0 saturated carbocycles. The standard InChI is InChI=1S/C15H19FN2S/c1-3-14(12-5-4-6-13(16)9-12)17-8-7-15-18-11(2)10-19-15/h4-6,9-10,14,17H,3,7-8H2,1-2H3. The first-order valence-corrected chi connectivity index (χ1v) is 7.47. The average molecular weight is 278 g/mol. The van der Waals surface area contributed by atoms with Crippen LogP contribution in [0.1, 0.15) is 35.7 Å². The molecule has 2 rings (SSSR count). The Labute approximate surface area is 117 Å². The molecule has 1 N–H and O–H groups in total. The van der Waals surface area contributed by atoms with Crippen LogP contribution in [0.4, 0.5) is 4.39 Å². The number of benzene rings is 1. The van der Waals surface area contributed by atoms with Crippen LogP contribution in [0.5, 0.6) is 0 Å². The number of halogens is 1. The first-order chi connectivity index (χ1) is 9.19. The average Bonchev–Trinajstić information content (AvgIpc) is 2.80. The van der Waals surface area contributed by atoms with E-state index < -0.39 is 0 Å². The van der Waals surface area contributed by atoms with Crippen molar-refractivity contribution in [1.29, 1.82) is 0 Å². The van der Waals surface area contributed by atoms with Crippen molar-refractivity contribution in [2.45, 2.75) is 32.7 Å². The second-order valence-corrected chi connectivity index (χ2v) is 5.55. The molecule has 1 aromatic carbocycles. The van der Waals surface area contributed by atoms with Crippen molar-refractivity contribution in [1.82, 2.24) is 10.3 Å². The molecule has 0 radical (unpaired) electrons. The van der Waals surface area contributed by atoms with Gasteiger partial charge in [0.1, 0.15) is 5.82 Å². The van der Waals surface area contributed by atoms with E-state index in [0.717, 1.165) is 35.7 Å². The van der Waals surface area contributed by atoms with Gasteiger partial charge in [0.25, 0.3) is 0 Å². The Morgan fingerprint density at radius 2 is 2.26 bits per heavy atom. The summed E-state index contributed by atoms with van der Waals surface area (Å²) < 4.78 is 13.2. The quantitative estimate of drug-likeness (QED) is 0.867. The summed E-state index contributed by atoms with van der Waals surface area (Å²) in [6.45, 7) is 4.98. The van der Waals surface area contributed by atoms with E-state index in [1.165, 1.54) is 6.07 Å². The van der Waals surface area contributed by atoms with Crippen LogP contribution in [0.2, 0.25) is 0 Å². The minimum atomic E-state index is -0.173. The lowest BCUT2D eigenvalue weighted by Gasteiger charge is -2.17. The van der Waals surface area contributed by atoms with Crippen LogP contribution in [-0.2, 0) is 6.42 Å². The Balaban J connectivity index is 1.89. The summed E-state index contributed by atoms with van der Waals surface area (Å²) in [7, 11) is 0. The highest BCUT2D eigenvalue weighted by Crippen LogP contribution is 2.17. The number of thiazole rings is 1. The minimum Gasteiger partial charge on any atom is -0.310 e. The van der Waals surface area contributed by atoms with Gasteiger partial charge in [-0.1, -0.05) is 19.1 Å². The minimum absolute atomic E-state index is 0.173. The van der Waals surface area contributed by atoms with E-state index in [0.29, 0.717) is 0 Å². The summed E-state index contributed by atoms with van der Waals surface area (Å²) in [6, 6.07) is 7.03. The van der Waals surface area contributed by atoms with Crippen LogP contribution in [0, 0.1) is 12.7 Å². The molecule has 102 valence electrons. The molecule has 1 atom stereocenters. The third kappa shape index (κ3) is 4.11. The molecule has 0 aliphatic carbocycles. The van der Waals surface area contributed by atoms with Crippen LogP contribution >= 0.6 is 11.3 Å². The lowest BCUT2D eigenvalue weighted by atomic mass is 10.0. The maximum atomic E-state index is 13.2. The zero-order chi connectivity index (χ0) is 13.7. The van der Waals surface area contributed by atoms with Gasteiger partial charge < -0.3 is 5.32 Å². The summed E-state index contributed by atoms with van der Waals surface area (Å²) in [6.07, 6.45) is 1.87. The van der Waals surface area contributed by atoms with E-state index in [1.54, 1.807) is 23.5 Å². The van der Waals surface area contributed by atoms with Gasteiger partial charge in [0.05, 0.1) is 5.01 Å². The Bertz CT molecular complexity index is 524. The number of hydrogen-bond acceptors (Lipinski definition) is 3. The normalized spacial score (nSPS) is 12.6. The summed E-state index contributed by atoms with van der Waals surface area (Å²) in [5, 5.41) is 6.69. The summed E-state index contributed by atoms with van der Waals surface area (Å²) >= 11 is 1.70. The monoisotopic (exact) mass is 278 g/mol. The number of hydrogen-bond donors (Lipinski definition) is 1. The molecule has 19 heavy (non-hydrogen) atoms. The molecule has 1 aromatic heterocycles. The molecule has 0 spiro atoms. The van der Waals surface area contributed by atoms with Gasteiger partial charge in [-0.2, -0.15) is 0 Å². The van der Waals surface area contributed by atoms with Gasteiger partial charge in [-0.15, -0.1) is 11.3 Å². The van der Waals surface area contributed by atoms with Crippen molar-refractivity contribution < 1.29 is 4.39 Å². The number of aryl methyl sites for hydroxylation is 1. The molecule has 4 heteroatoms. The highest BCUT2D eigenvalue weighted by Gasteiger charge is 2.09. The molecular weight excluding hydrogens is 259 g/mol. The molecule has 0 aliphatic rings. The van der Waals surface area contributed by atoms with Gasteiger partial charge in [0, 0.05) is 30.1 Å². The Morgan fingerprint density at radius 3 is 2.89 bits per heavy atom. The van der Waals surface area contributed by atoms with Crippen molar-refractivity contribution in [2.75, 3.05) is 6.54 Å². The van der Waals surface area contributed by atoms with Crippen molar-refractivity contribution in [3.05, 3.63) is 51.7 Å². The molecular formula is C15H19FN2S. The van der Waals surface area contributed by atoms with Crippen LogP contribution in [0.3, 0.4) is 0 Å². The Morgan fingerprint density at radius 1 is 1.42 bits per heavy atom. The fraction of sp³-hybridized carbons (Fsp3) is 0.400. The van der Waals surface area contributed by atoms with Gasteiger partial charge in [-0.25, -0.2) is 9.37 Å². The number of rotatable bonds is 6. The van der Waals surface area contributed by atoms with Crippen molar-refractivity contribution in [2.24, 2.45) is 0 Å². The molecule has 1 heterocycles. The summed E-state index contributed by atoms with van der Waals surface area (Å²) in [5.74, 6) is -0.173. The van der Waals surface area contributed by atoms with Gasteiger partial charge >= 0.3 is 0 Å². The van der Waals surface area contributed by atoms with Gasteiger partial charge in [0.15, 0.2) is 0 Å². The lowest BCUT2D eigenvalue weighted by Crippen LogP contribution is -2.23. The SMILES string of the molecule is CCC(NCCc1nc(C)cs1)c1cccc(F)c1. The molecule has 0 saturated heterocycles. The first-order valence-electron chi connectivity index (χ1n) is 6.59. The van der Waals surface area contributed by atoms with Crippen LogP contribution < -0.4 is 5.32 Å². The zero-order valence-corrected chi connectivity index (χ0v) is 12.1. The molecule has 0 aliphatic heterocycles. The topological polar surface area (TPSA) is 24.9 Å². The lowest BCUT2D eigenvalue weighted by molar-refractivity contribution is 0.517. The maximum absolute atomic E-state index is 13.2. The summed E-state index contributed by atoms with van der Waals surface area (Å²) in [5.41, 5.74) is 2.09. The van der Waals surface area contributed by atoms with Crippen molar-refractivity contribution in [3.8, 4) is 0 Å². The largest absolute Gasteiger partial charge is 0.310 e. The molecule has 0 bridgehead atoms. The molecule has 0 amide bonds. The molecule has 2 nitrogen and oxygen atoms in total. The van der Waals surface area contributed by atoms with E-state index in [-0.39, 0.29) is 11.9 Å². The van der Waals surface area contributed by atoms with E-state index >= 15 is 0 Å². The van der Waals surface area contributed by atoms with E-state index in [1.807, 2.05) is 13.0 Å². The first kappa shape index (κ1) is 14.2. The maximum Gasteiger partial charge on any atom is 0.123 e. The third-order valence-electron chi connectivity index (χ3n) is 3.06. The van der Waals surface area contributed by atoms with E-state index in [2.05, 4.69) is 22.6 Å². The van der Waals surface area contributed by atoms with Crippen molar-refractivity contribution in [3.63, 3.8) is 0 Å². The molecule has 0 fully saturated rings. The van der Waals surface area contributed by atoms with E-state index in [9.17, 15) is 4.39 Å². The van der Waals surface area contributed by atoms with Crippen molar-refractivity contribution >= 4 is 11.3 Å². The highest BCUT2D eigenvalue weighted by atomic mass is 32.1. The number of aromatic nitrogens is 1. The van der Waals surface area contributed by atoms with Crippen LogP contribution in [0.15, 0.2) is 29.6 Å². The van der Waals surface area contributed by atoms with Gasteiger partial charge in [-0.05, 0) is 31.0 Å². The fourth-order valence-electron chi connectivity index (χ4n) is 2.09. The smallest absolute Gasteiger partial charge is 0.123 e. The predicted octanol–water partition coefficient (Wildman–Crippen LogP) is 3.87. The Kier molecular flexibility index (Phi) is 5.05. The second-order valence-electron chi connectivity index (χ2n) is 4.60. The van der Waals surface area contributed by atoms with Crippen LogP contribution in [0.25, 0.3) is 0 Å². The fourth-order valence-corrected chi connectivity index (χ4v) is 2.87.